The number of rotatable bonds is 11. The van der Waals surface area contributed by atoms with Crippen molar-refractivity contribution in [3.63, 3.8) is 0 Å². The lowest BCUT2D eigenvalue weighted by atomic mass is 10.1. The lowest BCUT2D eigenvalue weighted by Gasteiger charge is -2.32. The Hall–Kier alpha value is -4.25. The van der Waals surface area contributed by atoms with Gasteiger partial charge in [0.1, 0.15) is 12.6 Å². The average molecular weight is 539 g/mol. The summed E-state index contributed by atoms with van der Waals surface area (Å²) in [6.07, 6.45) is 0. The third kappa shape index (κ3) is 6.74. The second-order valence-corrected chi connectivity index (χ2v) is 10.5. The molecule has 11 heteroatoms. The molecular weight excluding hydrogens is 508 g/mol. The van der Waals surface area contributed by atoms with Gasteiger partial charge in [-0.3, -0.25) is 24.0 Å². The quantitative estimate of drug-likeness (QED) is 0.293. The second kappa shape index (κ2) is 12.3. The fourth-order valence-corrected chi connectivity index (χ4v) is 5.22. The zero-order valence-corrected chi connectivity index (χ0v) is 22.2. The van der Waals surface area contributed by atoms with Gasteiger partial charge in [0.25, 0.3) is 15.7 Å². The van der Waals surface area contributed by atoms with Crippen LogP contribution in [0.4, 0.5) is 11.4 Å². The van der Waals surface area contributed by atoms with E-state index in [9.17, 15) is 28.1 Å². The first-order chi connectivity index (χ1) is 18.0. The van der Waals surface area contributed by atoms with Gasteiger partial charge in [-0.25, -0.2) is 8.42 Å². The van der Waals surface area contributed by atoms with Crippen LogP contribution in [0, 0.1) is 17.0 Å². The van der Waals surface area contributed by atoms with Gasteiger partial charge in [0.2, 0.25) is 11.8 Å². The van der Waals surface area contributed by atoms with Crippen LogP contribution >= 0.6 is 0 Å². The molecule has 0 radical (unpaired) electrons. The van der Waals surface area contributed by atoms with Gasteiger partial charge in [-0.1, -0.05) is 48.0 Å². The van der Waals surface area contributed by atoms with E-state index in [4.69, 9.17) is 0 Å². The van der Waals surface area contributed by atoms with Crippen LogP contribution in [0.1, 0.15) is 25.0 Å². The van der Waals surface area contributed by atoms with E-state index >= 15 is 0 Å². The highest BCUT2D eigenvalue weighted by atomic mass is 32.2. The van der Waals surface area contributed by atoms with Crippen LogP contribution < -0.4 is 9.62 Å². The standard InChI is InChI=1S/C27H30N4O6S/c1-4-28-27(33)21(3)29(18-22-12-10-20(2)11-13-22)26(32)19-30(23-14-16-24(17-15-23)31(34)35)38(36,37)25-8-6-5-7-9-25/h5-17,21H,4,18-19H2,1-3H3,(H,28,33). The molecule has 0 heterocycles. The van der Waals surface area contributed by atoms with Gasteiger partial charge < -0.3 is 10.2 Å². The van der Waals surface area contributed by atoms with Crippen LogP contribution in [0.3, 0.4) is 0 Å². The Kier molecular flexibility index (Phi) is 9.19. The van der Waals surface area contributed by atoms with Crippen molar-refractivity contribution in [2.75, 3.05) is 17.4 Å². The average Bonchev–Trinajstić information content (AvgIpc) is 2.91. The number of sulfonamides is 1. The third-order valence-electron chi connectivity index (χ3n) is 5.95. The second-order valence-electron chi connectivity index (χ2n) is 8.68. The molecule has 3 aromatic rings. The number of aryl methyl sites for hydroxylation is 1. The summed E-state index contributed by atoms with van der Waals surface area (Å²) in [4.78, 5) is 38.3. The Morgan fingerprint density at radius 2 is 1.58 bits per heavy atom. The topological polar surface area (TPSA) is 130 Å². The first-order valence-corrected chi connectivity index (χ1v) is 13.4. The third-order valence-corrected chi connectivity index (χ3v) is 7.74. The number of amides is 2. The summed E-state index contributed by atoms with van der Waals surface area (Å²) in [6, 6.07) is 19.1. The maximum Gasteiger partial charge on any atom is 0.269 e. The number of nitro groups is 1. The first kappa shape index (κ1) is 28.3. The van der Waals surface area contributed by atoms with Crippen LogP contribution in [0.25, 0.3) is 0 Å². The van der Waals surface area contributed by atoms with Gasteiger partial charge in [0.05, 0.1) is 15.5 Å². The normalized spacial score (nSPS) is 11.9. The number of nitrogens with zero attached hydrogens (tertiary/aromatic N) is 3. The SMILES string of the molecule is CCNC(=O)C(C)N(Cc1ccc(C)cc1)C(=O)CN(c1ccc([N+](=O)[O-])cc1)S(=O)(=O)c1ccccc1. The van der Waals surface area contributed by atoms with Crippen LogP contribution in [-0.4, -0.2) is 49.2 Å². The van der Waals surface area contributed by atoms with Crippen molar-refractivity contribution in [2.24, 2.45) is 0 Å². The summed E-state index contributed by atoms with van der Waals surface area (Å²) in [6.45, 7) is 5.10. The highest BCUT2D eigenvalue weighted by Crippen LogP contribution is 2.26. The smallest absolute Gasteiger partial charge is 0.269 e. The van der Waals surface area contributed by atoms with Crippen LogP contribution in [0.2, 0.25) is 0 Å². The summed E-state index contributed by atoms with van der Waals surface area (Å²) in [7, 11) is -4.24. The van der Waals surface area contributed by atoms with Gasteiger partial charge in [0.15, 0.2) is 0 Å². The van der Waals surface area contributed by atoms with Crippen LogP contribution in [0.15, 0.2) is 83.8 Å². The Bertz CT molecular complexity index is 1380. The molecule has 0 spiro atoms. The van der Waals surface area contributed by atoms with E-state index in [-0.39, 0.29) is 28.7 Å². The number of non-ortho nitro benzene ring substituents is 1. The van der Waals surface area contributed by atoms with Gasteiger partial charge in [-0.2, -0.15) is 0 Å². The number of nitro benzene ring substituents is 1. The predicted molar refractivity (Wildman–Crippen MR) is 144 cm³/mol. The van der Waals surface area contributed by atoms with Crippen molar-refractivity contribution in [1.29, 1.82) is 0 Å². The van der Waals surface area contributed by atoms with Crippen molar-refractivity contribution >= 4 is 33.2 Å². The fourth-order valence-electron chi connectivity index (χ4n) is 3.78. The predicted octanol–water partition coefficient (Wildman–Crippen LogP) is 3.65. The van der Waals surface area contributed by atoms with E-state index in [0.29, 0.717) is 6.54 Å². The molecule has 0 aliphatic carbocycles. The molecule has 0 bridgehead atoms. The number of carbonyl (C=O) groups excluding carboxylic acids is 2. The number of nitrogens with one attached hydrogen (secondary N) is 1. The molecule has 0 aliphatic rings. The summed E-state index contributed by atoms with van der Waals surface area (Å²) in [5, 5.41) is 13.8. The number of hydrogen-bond donors (Lipinski definition) is 1. The molecule has 200 valence electrons. The van der Waals surface area contributed by atoms with Crippen molar-refractivity contribution in [2.45, 2.75) is 38.3 Å². The highest BCUT2D eigenvalue weighted by molar-refractivity contribution is 7.92. The highest BCUT2D eigenvalue weighted by Gasteiger charge is 2.32. The summed E-state index contributed by atoms with van der Waals surface area (Å²) in [5.41, 5.74) is 1.66. The first-order valence-electron chi connectivity index (χ1n) is 12.0. The minimum Gasteiger partial charge on any atom is -0.355 e. The minimum absolute atomic E-state index is 0.0481. The monoisotopic (exact) mass is 538 g/mol. The van der Waals surface area contributed by atoms with Gasteiger partial charge in [0, 0.05) is 25.2 Å². The number of likely N-dealkylation sites (N-methyl/N-ethyl adjacent to an activating group) is 1. The molecule has 1 unspecified atom stereocenters. The Labute approximate surface area is 222 Å². The van der Waals surface area contributed by atoms with Crippen molar-refractivity contribution in [3.05, 3.63) is 100 Å². The maximum atomic E-state index is 13.7. The Morgan fingerprint density at radius 1 is 0.974 bits per heavy atom. The van der Waals surface area contributed by atoms with E-state index in [1.165, 1.54) is 41.3 Å². The molecule has 0 aliphatic heterocycles. The van der Waals surface area contributed by atoms with Crippen LogP contribution in [-0.2, 0) is 26.2 Å². The molecule has 0 aromatic heterocycles. The van der Waals surface area contributed by atoms with Crippen LogP contribution in [0.5, 0.6) is 0 Å². The summed E-state index contributed by atoms with van der Waals surface area (Å²) >= 11 is 0. The van der Waals surface area contributed by atoms with Gasteiger partial charge >= 0.3 is 0 Å². The number of benzene rings is 3. The summed E-state index contributed by atoms with van der Waals surface area (Å²) in [5.74, 6) is -0.983. The number of carbonyl (C=O) groups is 2. The lowest BCUT2D eigenvalue weighted by molar-refractivity contribution is -0.384. The number of hydrogen-bond acceptors (Lipinski definition) is 6. The largest absolute Gasteiger partial charge is 0.355 e. The van der Waals surface area contributed by atoms with Gasteiger partial charge in [-0.05, 0) is 50.6 Å². The fraction of sp³-hybridized carbons (Fsp3) is 0.259. The van der Waals surface area contributed by atoms with Crippen molar-refractivity contribution in [1.82, 2.24) is 10.2 Å². The molecule has 1 N–H and O–H groups in total. The zero-order chi connectivity index (χ0) is 27.9. The molecular formula is C27H30N4O6S. The van der Waals surface area contributed by atoms with E-state index in [1.807, 2.05) is 31.2 Å². The van der Waals surface area contributed by atoms with E-state index in [0.717, 1.165) is 15.4 Å². The minimum atomic E-state index is -4.24. The summed E-state index contributed by atoms with van der Waals surface area (Å²) < 4.78 is 28.2. The molecule has 1 atom stereocenters. The number of anilines is 1. The van der Waals surface area contributed by atoms with E-state index in [1.54, 1.807) is 32.0 Å². The zero-order valence-electron chi connectivity index (χ0n) is 21.4. The van der Waals surface area contributed by atoms with Crippen molar-refractivity contribution in [3.8, 4) is 0 Å². The maximum absolute atomic E-state index is 13.7. The molecule has 0 saturated heterocycles. The lowest BCUT2D eigenvalue weighted by Crippen LogP contribution is -2.51. The Morgan fingerprint density at radius 3 is 2.13 bits per heavy atom. The molecule has 3 rings (SSSR count). The van der Waals surface area contributed by atoms with Gasteiger partial charge in [-0.15, -0.1) is 0 Å². The molecule has 38 heavy (non-hydrogen) atoms. The molecule has 3 aromatic carbocycles. The Balaban J connectivity index is 2.03. The van der Waals surface area contributed by atoms with E-state index in [2.05, 4.69) is 5.32 Å². The molecule has 2 amide bonds. The van der Waals surface area contributed by atoms with E-state index < -0.39 is 33.4 Å². The molecule has 0 fully saturated rings. The molecule has 0 saturated carbocycles. The molecule has 10 nitrogen and oxygen atoms in total. The van der Waals surface area contributed by atoms with Crippen molar-refractivity contribution < 1.29 is 22.9 Å².